The van der Waals surface area contributed by atoms with Gasteiger partial charge in [0.05, 0.1) is 27.8 Å². The number of carbonyl (C=O) groups excluding carboxylic acids is 3. The number of hydrogen-bond acceptors (Lipinski definition) is 7. The van der Waals surface area contributed by atoms with Gasteiger partial charge in [0.15, 0.2) is 0 Å². The van der Waals surface area contributed by atoms with Crippen LogP contribution in [0, 0.1) is 10.1 Å². The minimum Gasteiger partial charge on any atom is -0.423 e. The lowest BCUT2D eigenvalue weighted by molar-refractivity contribution is -0.384. The fourth-order valence-electron chi connectivity index (χ4n) is 2.94. The zero-order chi connectivity index (χ0) is 22.0. The molecule has 3 aromatic carbocycles. The molecule has 9 heteroatoms. The highest BCUT2D eigenvalue weighted by Crippen LogP contribution is 2.23. The molecule has 3 aromatic rings. The molecule has 0 N–H and O–H groups in total. The Bertz CT molecular complexity index is 1220. The lowest BCUT2D eigenvalue weighted by Crippen LogP contribution is -2.23. The van der Waals surface area contributed by atoms with Gasteiger partial charge in [-0.1, -0.05) is 18.2 Å². The molecule has 0 saturated heterocycles. The van der Waals surface area contributed by atoms with Crippen molar-refractivity contribution in [3.63, 3.8) is 0 Å². The summed E-state index contributed by atoms with van der Waals surface area (Å²) in [6, 6.07) is 17.9. The van der Waals surface area contributed by atoms with Crippen molar-refractivity contribution in [3.05, 3.63) is 105 Å². The van der Waals surface area contributed by atoms with Crippen LogP contribution in [0.2, 0.25) is 0 Å². The number of amides is 2. The average molecular weight is 415 g/mol. The number of fused-ring (bicyclic) bond motifs is 1. The number of hydrazone groups is 1. The molecule has 152 valence electrons. The number of ether oxygens (including phenoxy) is 1. The van der Waals surface area contributed by atoms with Crippen molar-refractivity contribution < 1.29 is 24.0 Å². The van der Waals surface area contributed by atoms with Crippen LogP contribution >= 0.6 is 0 Å². The van der Waals surface area contributed by atoms with Crippen LogP contribution in [-0.4, -0.2) is 33.9 Å². The first-order valence-corrected chi connectivity index (χ1v) is 9.02. The number of esters is 1. The molecule has 0 saturated carbocycles. The van der Waals surface area contributed by atoms with E-state index in [4.69, 9.17) is 4.74 Å². The second kappa shape index (κ2) is 7.99. The van der Waals surface area contributed by atoms with E-state index in [0.29, 0.717) is 16.7 Å². The zero-order valence-corrected chi connectivity index (χ0v) is 15.8. The number of benzene rings is 3. The Hall–Kier alpha value is -4.66. The Balaban J connectivity index is 1.44. The number of carbonyl (C=O) groups is 3. The van der Waals surface area contributed by atoms with Crippen molar-refractivity contribution in [2.75, 3.05) is 0 Å². The van der Waals surface area contributed by atoms with Crippen molar-refractivity contribution >= 4 is 29.7 Å². The molecule has 0 aromatic heterocycles. The molecular formula is C22H13N3O6. The molecule has 0 fully saturated rings. The molecule has 0 aliphatic carbocycles. The van der Waals surface area contributed by atoms with Gasteiger partial charge in [0.1, 0.15) is 5.75 Å². The van der Waals surface area contributed by atoms with Crippen molar-refractivity contribution in [2.24, 2.45) is 5.10 Å². The number of hydrogen-bond donors (Lipinski definition) is 0. The Morgan fingerprint density at radius 1 is 0.935 bits per heavy atom. The smallest absolute Gasteiger partial charge is 0.343 e. The monoisotopic (exact) mass is 415 g/mol. The largest absolute Gasteiger partial charge is 0.423 e. The summed E-state index contributed by atoms with van der Waals surface area (Å²) in [4.78, 5) is 47.0. The molecule has 0 atom stereocenters. The number of non-ortho nitro benzene ring substituents is 1. The molecular weight excluding hydrogens is 402 g/mol. The predicted octanol–water partition coefficient (Wildman–Crippen LogP) is 3.44. The van der Waals surface area contributed by atoms with Gasteiger partial charge in [0.2, 0.25) is 0 Å². The first kappa shape index (κ1) is 19.6. The summed E-state index contributed by atoms with van der Waals surface area (Å²) in [6.07, 6.45) is 1.34. The van der Waals surface area contributed by atoms with Crippen LogP contribution in [0.1, 0.15) is 36.6 Å². The molecule has 0 unspecified atom stereocenters. The molecule has 1 aliphatic heterocycles. The Morgan fingerprint density at radius 3 is 2.19 bits per heavy atom. The van der Waals surface area contributed by atoms with Crippen molar-refractivity contribution in [1.29, 1.82) is 0 Å². The second-order valence-electron chi connectivity index (χ2n) is 6.48. The number of imide groups is 1. The molecule has 4 rings (SSSR count). The molecule has 9 nitrogen and oxygen atoms in total. The lowest BCUT2D eigenvalue weighted by Gasteiger charge is -2.06. The highest BCUT2D eigenvalue weighted by molar-refractivity contribution is 6.21. The maximum Gasteiger partial charge on any atom is 0.343 e. The van der Waals surface area contributed by atoms with Crippen LogP contribution in [0.4, 0.5) is 5.69 Å². The number of nitrogens with zero attached hydrogens (tertiary/aromatic N) is 3. The van der Waals surface area contributed by atoms with Gasteiger partial charge in [-0.25, -0.2) is 4.79 Å². The van der Waals surface area contributed by atoms with Gasteiger partial charge in [-0.3, -0.25) is 19.7 Å². The summed E-state index contributed by atoms with van der Waals surface area (Å²) in [6.45, 7) is 0. The fourth-order valence-corrected chi connectivity index (χ4v) is 2.94. The van der Waals surface area contributed by atoms with E-state index in [-0.39, 0.29) is 17.0 Å². The average Bonchev–Trinajstić information content (AvgIpc) is 3.03. The van der Waals surface area contributed by atoms with Gasteiger partial charge in [-0.05, 0) is 48.0 Å². The third-order valence-electron chi connectivity index (χ3n) is 4.48. The van der Waals surface area contributed by atoms with E-state index >= 15 is 0 Å². The molecule has 0 spiro atoms. The molecule has 1 aliphatic rings. The fraction of sp³-hybridized carbons (Fsp3) is 0. The van der Waals surface area contributed by atoms with Crippen LogP contribution in [0.25, 0.3) is 0 Å². The van der Waals surface area contributed by atoms with Gasteiger partial charge >= 0.3 is 5.97 Å². The molecule has 0 bridgehead atoms. The van der Waals surface area contributed by atoms with E-state index in [1.807, 2.05) is 0 Å². The van der Waals surface area contributed by atoms with Crippen molar-refractivity contribution in [2.45, 2.75) is 0 Å². The summed E-state index contributed by atoms with van der Waals surface area (Å²) in [5.41, 5.74) is 0.993. The van der Waals surface area contributed by atoms with E-state index < -0.39 is 22.7 Å². The van der Waals surface area contributed by atoms with E-state index in [1.165, 1.54) is 36.5 Å². The van der Waals surface area contributed by atoms with E-state index in [0.717, 1.165) is 11.1 Å². The van der Waals surface area contributed by atoms with Crippen molar-refractivity contribution in [3.8, 4) is 5.75 Å². The third-order valence-corrected chi connectivity index (χ3v) is 4.48. The van der Waals surface area contributed by atoms with Gasteiger partial charge in [0.25, 0.3) is 17.5 Å². The zero-order valence-electron chi connectivity index (χ0n) is 15.8. The molecule has 0 radical (unpaired) electrons. The molecule has 2 amide bonds. The standard InChI is InChI=1S/C22H13N3O6/c26-20-18-6-1-2-7-19(18)21(27)24(20)23-13-14-8-10-17(11-9-14)31-22(28)15-4-3-5-16(12-15)25(29)30/h1-13H/b23-13+. The van der Waals surface area contributed by atoms with E-state index in [1.54, 1.807) is 36.4 Å². The van der Waals surface area contributed by atoms with Crippen LogP contribution in [0.15, 0.2) is 77.9 Å². The minimum absolute atomic E-state index is 0.0467. The van der Waals surface area contributed by atoms with E-state index in [9.17, 15) is 24.5 Å². The topological polar surface area (TPSA) is 119 Å². The SMILES string of the molecule is O=C(Oc1ccc(/C=N/N2C(=O)c3ccccc3C2=O)cc1)c1cccc([N+](=O)[O-])c1. The molecule has 31 heavy (non-hydrogen) atoms. The first-order chi connectivity index (χ1) is 14.9. The number of nitro groups is 1. The number of rotatable bonds is 5. The van der Waals surface area contributed by atoms with Gasteiger partial charge in [-0.2, -0.15) is 10.1 Å². The summed E-state index contributed by atoms with van der Waals surface area (Å²) < 4.78 is 5.22. The van der Waals surface area contributed by atoms with E-state index in [2.05, 4.69) is 5.10 Å². The second-order valence-corrected chi connectivity index (χ2v) is 6.48. The quantitative estimate of drug-likeness (QED) is 0.157. The highest BCUT2D eigenvalue weighted by Gasteiger charge is 2.35. The summed E-state index contributed by atoms with van der Waals surface area (Å²) >= 11 is 0. The summed E-state index contributed by atoms with van der Waals surface area (Å²) in [7, 11) is 0. The minimum atomic E-state index is -0.740. The maximum absolute atomic E-state index is 12.3. The Morgan fingerprint density at radius 2 is 1.58 bits per heavy atom. The van der Waals surface area contributed by atoms with Gasteiger partial charge < -0.3 is 4.74 Å². The van der Waals surface area contributed by atoms with Crippen LogP contribution in [-0.2, 0) is 0 Å². The van der Waals surface area contributed by atoms with Crippen LogP contribution in [0.3, 0.4) is 0 Å². The summed E-state index contributed by atoms with van der Waals surface area (Å²) in [5.74, 6) is -1.52. The Labute approximate surface area is 175 Å². The number of nitro benzene ring substituents is 1. The van der Waals surface area contributed by atoms with Crippen LogP contribution < -0.4 is 4.74 Å². The predicted molar refractivity (Wildman–Crippen MR) is 109 cm³/mol. The van der Waals surface area contributed by atoms with Crippen molar-refractivity contribution in [1.82, 2.24) is 5.01 Å². The van der Waals surface area contributed by atoms with Gasteiger partial charge in [-0.15, -0.1) is 0 Å². The Kier molecular flexibility index (Phi) is 5.07. The third kappa shape index (κ3) is 3.92. The maximum atomic E-state index is 12.3. The van der Waals surface area contributed by atoms with Crippen LogP contribution in [0.5, 0.6) is 5.75 Å². The lowest BCUT2D eigenvalue weighted by atomic mass is 10.1. The van der Waals surface area contributed by atoms with Gasteiger partial charge in [0, 0.05) is 12.1 Å². The molecule has 1 heterocycles. The first-order valence-electron chi connectivity index (χ1n) is 9.02. The summed E-state index contributed by atoms with van der Waals surface area (Å²) in [5, 5.41) is 15.6. The normalized spacial score (nSPS) is 12.8. The highest BCUT2D eigenvalue weighted by atomic mass is 16.6.